The Morgan fingerprint density at radius 1 is 1.36 bits per heavy atom. The highest BCUT2D eigenvalue weighted by Gasteiger charge is 2.28. The van der Waals surface area contributed by atoms with E-state index in [2.05, 4.69) is 0 Å². The van der Waals surface area contributed by atoms with Crippen LogP contribution in [0.15, 0.2) is 18.2 Å². The largest absolute Gasteiger partial charge is 0.508 e. The number of phenolic OH excluding ortho intramolecular Hbond substituents is 1. The van der Waals surface area contributed by atoms with Crippen molar-refractivity contribution in [1.29, 1.82) is 5.26 Å². The molecule has 0 aliphatic rings. The SMILES string of the molecule is N#Cc1ccc(CC(F)(F)F)c(O)c1. The highest BCUT2D eigenvalue weighted by atomic mass is 19.4. The van der Waals surface area contributed by atoms with Crippen LogP contribution in [0.3, 0.4) is 0 Å². The second-order valence-electron chi connectivity index (χ2n) is 2.75. The number of benzene rings is 1. The zero-order valence-corrected chi connectivity index (χ0v) is 6.97. The Morgan fingerprint density at radius 3 is 2.43 bits per heavy atom. The van der Waals surface area contributed by atoms with Gasteiger partial charge in [0, 0.05) is 5.56 Å². The number of phenols is 1. The Labute approximate surface area is 78.2 Å². The van der Waals surface area contributed by atoms with Gasteiger partial charge >= 0.3 is 6.18 Å². The lowest BCUT2D eigenvalue weighted by Crippen LogP contribution is -2.11. The van der Waals surface area contributed by atoms with Crippen LogP contribution in [0.25, 0.3) is 0 Å². The van der Waals surface area contributed by atoms with Crippen LogP contribution in [0.5, 0.6) is 5.75 Å². The van der Waals surface area contributed by atoms with Crippen molar-refractivity contribution in [2.24, 2.45) is 0 Å². The molecule has 0 amide bonds. The number of alkyl halides is 3. The van der Waals surface area contributed by atoms with Crippen molar-refractivity contribution < 1.29 is 18.3 Å². The van der Waals surface area contributed by atoms with E-state index in [0.29, 0.717) is 0 Å². The first-order valence-corrected chi connectivity index (χ1v) is 3.71. The molecule has 14 heavy (non-hydrogen) atoms. The molecule has 74 valence electrons. The van der Waals surface area contributed by atoms with E-state index in [1.807, 2.05) is 0 Å². The van der Waals surface area contributed by atoms with Gasteiger partial charge in [-0.15, -0.1) is 0 Å². The molecule has 1 rings (SSSR count). The van der Waals surface area contributed by atoms with Gasteiger partial charge in [-0.3, -0.25) is 0 Å². The van der Waals surface area contributed by atoms with Gasteiger partial charge in [0.15, 0.2) is 0 Å². The highest BCUT2D eigenvalue weighted by molar-refractivity contribution is 5.41. The first-order valence-electron chi connectivity index (χ1n) is 3.71. The maximum absolute atomic E-state index is 11.9. The van der Waals surface area contributed by atoms with E-state index < -0.39 is 18.3 Å². The highest BCUT2D eigenvalue weighted by Crippen LogP contribution is 2.27. The monoisotopic (exact) mass is 201 g/mol. The molecule has 1 aromatic carbocycles. The fourth-order valence-electron chi connectivity index (χ4n) is 0.999. The van der Waals surface area contributed by atoms with E-state index in [9.17, 15) is 13.2 Å². The molecule has 0 aliphatic heterocycles. The molecule has 0 radical (unpaired) electrons. The van der Waals surface area contributed by atoms with Crippen LogP contribution in [-0.4, -0.2) is 11.3 Å². The lowest BCUT2D eigenvalue weighted by molar-refractivity contribution is -0.127. The fraction of sp³-hybridized carbons (Fsp3) is 0.222. The molecule has 0 fully saturated rings. The lowest BCUT2D eigenvalue weighted by atomic mass is 10.1. The smallest absolute Gasteiger partial charge is 0.393 e. The second kappa shape index (κ2) is 3.58. The minimum atomic E-state index is -4.36. The minimum absolute atomic E-state index is 0.133. The third-order valence-corrected chi connectivity index (χ3v) is 1.61. The number of halogens is 3. The third kappa shape index (κ3) is 2.66. The van der Waals surface area contributed by atoms with Gasteiger partial charge in [-0.05, 0) is 12.1 Å². The first kappa shape index (κ1) is 10.4. The van der Waals surface area contributed by atoms with E-state index in [4.69, 9.17) is 10.4 Å². The van der Waals surface area contributed by atoms with Gasteiger partial charge in [0.05, 0.1) is 18.1 Å². The summed E-state index contributed by atoms with van der Waals surface area (Å²) in [5.41, 5.74) is -0.0927. The molecule has 0 spiro atoms. The number of hydrogen-bond acceptors (Lipinski definition) is 2. The number of nitriles is 1. The molecule has 0 atom stereocenters. The summed E-state index contributed by atoms with van der Waals surface area (Å²) in [5.74, 6) is -0.499. The third-order valence-electron chi connectivity index (χ3n) is 1.61. The molecule has 0 saturated heterocycles. The van der Waals surface area contributed by atoms with Gasteiger partial charge in [-0.2, -0.15) is 18.4 Å². The molecule has 1 N–H and O–H groups in total. The minimum Gasteiger partial charge on any atom is -0.508 e. The number of rotatable bonds is 1. The molecule has 0 bridgehead atoms. The summed E-state index contributed by atoms with van der Waals surface area (Å²) in [4.78, 5) is 0. The zero-order chi connectivity index (χ0) is 10.8. The quantitative estimate of drug-likeness (QED) is 0.757. The maximum Gasteiger partial charge on any atom is 0.393 e. The molecule has 5 heteroatoms. The summed E-state index contributed by atoms with van der Waals surface area (Å²) >= 11 is 0. The van der Waals surface area contributed by atoms with Gasteiger partial charge in [0.25, 0.3) is 0 Å². The summed E-state index contributed by atoms with van der Waals surface area (Å²) < 4.78 is 35.8. The van der Waals surface area contributed by atoms with Crippen LogP contribution in [0, 0.1) is 11.3 Å². The van der Waals surface area contributed by atoms with Crippen LogP contribution in [0.4, 0.5) is 13.2 Å². The fourth-order valence-corrected chi connectivity index (χ4v) is 0.999. The summed E-state index contributed by atoms with van der Waals surface area (Å²) in [7, 11) is 0. The Balaban J connectivity index is 2.97. The molecule has 0 unspecified atom stereocenters. The predicted molar refractivity (Wildman–Crippen MR) is 42.6 cm³/mol. The van der Waals surface area contributed by atoms with Gasteiger partial charge in [-0.1, -0.05) is 6.07 Å². The van der Waals surface area contributed by atoms with Crippen molar-refractivity contribution in [2.45, 2.75) is 12.6 Å². The van der Waals surface area contributed by atoms with Crippen molar-refractivity contribution >= 4 is 0 Å². The number of nitrogens with zero attached hydrogens (tertiary/aromatic N) is 1. The maximum atomic E-state index is 11.9. The summed E-state index contributed by atoms with van der Waals surface area (Å²) in [6, 6.07) is 5.07. The van der Waals surface area contributed by atoms with Gasteiger partial charge in [0.2, 0.25) is 0 Å². The van der Waals surface area contributed by atoms with Gasteiger partial charge < -0.3 is 5.11 Å². The summed E-state index contributed by atoms with van der Waals surface area (Å²) in [6.07, 6.45) is -5.55. The topological polar surface area (TPSA) is 44.0 Å². The van der Waals surface area contributed by atoms with Gasteiger partial charge in [-0.25, -0.2) is 0 Å². The lowest BCUT2D eigenvalue weighted by Gasteiger charge is -2.07. The van der Waals surface area contributed by atoms with Crippen LogP contribution in [0.2, 0.25) is 0 Å². The Hall–Kier alpha value is -1.70. The van der Waals surface area contributed by atoms with Crippen molar-refractivity contribution in [2.75, 3.05) is 0 Å². The van der Waals surface area contributed by atoms with Crippen molar-refractivity contribution in [1.82, 2.24) is 0 Å². The van der Waals surface area contributed by atoms with Crippen LogP contribution in [0.1, 0.15) is 11.1 Å². The van der Waals surface area contributed by atoms with E-state index in [1.165, 1.54) is 6.07 Å². The average molecular weight is 201 g/mol. The van der Waals surface area contributed by atoms with Crippen molar-refractivity contribution in [3.63, 3.8) is 0 Å². The Kier molecular flexibility index (Phi) is 2.65. The summed E-state index contributed by atoms with van der Waals surface area (Å²) in [5, 5.41) is 17.5. The predicted octanol–water partition coefficient (Wildman–Crippen LogP) is 2.37. The molecule has 0 aromatic heterocycles. The van der Waals surface area contributed by atoms with Crippen molar-refractivity contribution in [3.8, 4) is 11.8 Å². The summed E-state index contributed by atoms with van der Waals surface area (Å²) in [6.45, 7) is 0. The molecule has 1 aromatic rings. The van der Waals surface area contributed by atoms with Crippen LogP contribution >= 0.6 is 0 Å². The number of hydrogen-bond donors (Lipinski definition) is 1. The van der Waals surface area contributed by atoms with Gasteiger partial charge in [0.1, 0.15) is 5.75 Å². The average Bonchev–Trinajstić information content (AvgIpc) is 2.06. The molecule has 2 nitrogen and oxygen atoms in total. The van der Waals surface area contributed by atoms with E-state index in [1.54, 1.807) is 6.07 Å². The van der Waals surface area contributed by atoms with Crippen LogP contribution in [-0.2, 0) is 6.42 Å². The van der Waals surface area contributed by atoms with Crippen molar-refractivity contribution in [3.05, 3.63) is 29.3 Å². The van der Waals surface area contributed by atoms with E-state index in [-0.39, 0.29) is 11.1 Å². The molecule has 0 saturated carbocycles. The molecule has 0 heterocycles. The normalized spacial score (nSPS) is 11.0. The molecular formula is C9H6F3NO. The standard InChI is InChI=1S/C9H6F3NO/c10-9(11,12)4-7-2-1-6(5-13)3-8(7)14/h1-3,14H,4H2. The first-order chi connectivity index (χ1) is 6.42. The Morgan fingerprint density at radius 2 is 2.00 bits per heavy atom. The molecular weight excluding hydrogens is 195 g/mol. The van der Waals surface area contributed by atoms with E-state index in [0.717, 1.165) is 12.1 Å². The zero-order valence-electron chi connectivity index (χ0n) is 6.97. The van der Waals surface area contributed by atoms with E-state index >= 15 is 0 Å². The van der Waals surface area contributed by atoms with Crippen LogP contribution < -0.4 is 0 Å². The molecule has 0 aliphatic carbocycles. The Bertz CT molecular complexity index is 379. The number of aromatic hydroxyl groups is 1. The second-order valence-corrected chi connectivity index (χ2v) is 2.75.